The molecule has 2 aromatic rings. The van der Waals surface area contributed by atoms with E-state index in [0.717, 1.165) is 11.6 Å². The fourth-order valence-corrected chi connectivity index (χ4v) is 4.18. The molecule has 0 spiro atoms. The van der Waals surface area contributed by atoms with Gasteiger partial charge in [-0.1, -0.05) is 24.3 Å². The summed E-state index contributed by atoms with van der Waals surface area (Å²) in [6, 6.07) is 11.8. The summed E-state index contributed by atoms with van der Waals surface area (Å²) in [6.45, 7) is 3.77. The second kappa shape index (κ2) is 6.12. The Morgan fingerprint density at radius 1 is 1.20 bits per heavy atom. The molecule has 7 nitrogen and oxygen atoms in total. The van der Waals surface area contributed by atoms with Gasteiger partial charge in [0.05, 0.1) is 15.9 Å². The quantitative estimate of drug-likeness (QED) is 0.665. The minimum absolute atomic E-state index is 0.136. The standard InChI is InChI=1S/C17H18N2O5S/c1-17(2)11-15(14-8-3-4-9-16(14)24-17)18-25(22,23)13-7-5-6-12(10-13)19(20)21/h3-10,15,18H,11H2,1-2H3/t15-/m0/s1. The summed E-state index contributed by atoms with van der Waals surface area (Å²) >= 11 is 0. The van der Waals surface area contributed by atoms with Gasteiger partial charge in [-0.2, -0.15) is 0 Å². The van der Waals surface area contributed by atoms with Crippen molar-refractivity contribution in [2.75, 3.05) is 0 Å². The predicted octanol–water partition coefficient (Wildman–Crippen LogP) is 3.18. The van der Waals surface area contributed by atoms with Crippen LogP contribution in [0.3, 0.4) is 0 Å². The maximum Gasteiger partial charge on any atom is 0.270 e. The highest BCUT2D eigenvalue weighted by Crippen LogP contribution is 2.39. The van der Waals surface area contributed by atoms with Crippen LogP contribution in [0.4, 0.5) is 5.69 Å². The Kier molecular flexibility index (Phi) is 4.26. The van der Waals surface area contributed by atoms with Crippen LogP contribution >= 0.6 is 0 Å². The molecule has 1 atom stereocenters. The molecule has 0 saturated heterocycles. The zero-order valence-electron chi connectivity index (χ0n) is 13.8. The van der Waals surface area contributed by atoms with Crippen LogP contribution in [0, 0.1) is 10.1 Å². The molecule has 1 heterocycles. The first-order valence-corrected chi connectivity index (χ1v) is 9.21. The number of nitro benzene ring substituents is 1. The average Bonchev–Trinajstić information content (AvgIpc) is 2.53. The van der Waals surface area contributed by atoms with Gasteiger partial charge in [-0.15, -0.1) is 0 Å². The third kappa shape index (κ3) is 3.64. The van der Waals surface area contributed by atoms with Crippen molar-refractivity contribution in [1.29, 1.82) is 0 Å². The Morgan fingerprint density at radius 2 is 1.92 bits per heavy atom. The molecule has 0 saturated carbocycles. The molecule has 2 aromatic carbocycles. The summed E-state index contributed by atoms with van der Waals surface area (Å²) < 4.78 is 34.0. The van der Waals surface area contributed by atoms with E-state index in [1.807, 2.05) is 32.0 Å². The van der Waals surface area contributed by atoms with E-state index < -0.39 is 26.6 Å². The van der Waals surface area contributed by atoms with Crippen molar-refractivity contribution < 1.29 is 18.1 Å². The number of sulfonamides is 1. The highest BCUT2D eigenvalue weighted by molar-refractivity contribution is 7.89. The van der Waals surface area contributed by atoms with Gasteiger partial charge in [0.15, 0.2) is 0 Å². The predicted molar refractivity (Wildman–Crippen MR) is 91.9 cm³/mol. The Balaban J connectivity index is 1.96. The maximum atomic E-state index is 12.7. The Hall–Kier alpha value is -2.45. The average molecular weight is 362 g/mol. The van der Waals surface area contributed by atoms with Crippen molar-refractivity contribution in [1.82, 2.24) is 4.72 Å². The number of non-ortho nitro benzene ring substituents is 1. The summed E-state index contributed by atoms with van der Waals surface area (Å²) in [5.41, 5.74) is -0.0593. The molecule has 0 amide bonds. The van der Waals surface area contributed by atoms with E-state index in [9.17, 15) is 18.5 Å². The molecule has 8 heteroatoms. The van der Waals surface area contributed by atoms with Gasteiger partial charge >= 0.3 is 0 Å². The number of ether oxygens (including phenoxy) is 1. The number of benzene rings is 2. The minimum atomic E-state index is -3.92. The van der Waals surface area contributed by atoms with Crippen LogP contribution in [-0.4, -0.2) is 18.9 Å². The van der Waals surface area contributed by atoms with Gasteiger partial charge < -0.3 is 4.74 Å². The van der Waals surface area contributed by atoms with Crippen molar-refractivity contribution in [3.8, 4) is 5.75 Å². The van der Waals surface area contributed by atoms with Gasteiger partial charge in [0, 0.05) is 24.1 Å². The first-order valence-electron chi connectivity index (χ1n) is 7.73. The molecule has 3 rings (SSSR count). The highest BCUT2D eigenvalue weighted by atomic mass is 32.2. The number of hydrogen-bond donors (Lipinski definition) is 1. The number of para-hydroxylation sites is 1. The molecule has 25 heavy (non-hydrogen) atoms. The molecule has 0 unspecified atom stereocenters. The third-order valence-corrected chi connectivity index (χ3v) is 5.48. The lowest BCUT2D eigenvalue weighted by Gasteiger charge is -2.37. The van der Waals surface area contributed by atoms with Gasteiger partial charge in [0.1, 0.15) is 11.4 Å². The lowest BCUT2D eigenvalue weighted by Crippen LogP contribution is -2.41. The Morgan fingerprint density at radius 3 is 2.64 bits per heavy atom. The number of nitrogens with one attached hydrogen (secondary N) is 1. The largest absolute Gasteiger partial charge is 0.487 e. The van der Waals surface area contributed by atoms with Crippen molar-refractivity contribution in [3.63, 3.8) is 0 Å². The second-order valence-corrected chi connectivity index (χ2v) is 8.25. The summed E-state index contributed by atoms with van der Waals surface area (Å²) in [5, 5.41) is 10.9. The number of nitrogens with zero attached hydrogens (tertiary/aromatic N) is 1. The number of nitro groups is 1. The van der Waals surface area contributed by atoms with E-state index in [4.69, 9.17) is 4.74 Å². The van der Waals surface area contributed by atoms with Crippen LogP contribution in [0.25, 0.3) is 0 Å². The van der Waals surface area contributed by atoms with E-state index in [-0.39, 0.29) is 10.6 Å². The highest BCUT2D eigenvalue weighted by Gasteiger charge is 2.36. The van der Waals surface area contributed by atoms with Gasteiger partial charge in [0.25, 0.3) is 5.69 Å². The molecule has 1 N–H and O–H groups in total. The van der Waals surface area contributed by atoms with Crippen LogP contribution in [0.5, 0.6) is 5.75 Å². The SMILES string of the molecule is CC1(C)C[C@H](NS(=O)(=O)c2cccc([N+](=O)[O-])c2)c2ccccc2O1. The van der Waals surface area contributed by atoms with Gasteiger partial charge in [-0.25, -0.2) is 13.1 Å². The van der Waals surface area contributed by atoms with Gasteiger partial charge in [-0.05, 0) is 26.0 Å². The van der Waals surface area contributed by atoms with E-state index >= 15 is 0 Å². The minimum Gasteiger partial charge on any atom is -0.487 e. The van der Waals surface area contributed by atoms with Gasteiger partial charge in [0.2, 0.25) is 10.0 Å². The Labute approximate surface area is 145 Å². The summed E-state index contributed by atoms with van der Waals surface area (Å²) in [6.07, 6.45) is 0.443. The second-order valence-electron chi connectivity index (χ2n) is 6.53. The molecule has 1 aliphatic rings. The first-order chi connectivity index (χ1) is 11.7. The first kappa shape index (κ1) is 17.4. The third-order valence-electron chi connectivity index (χ3n) is 4.01. The van der Waals surface area contributed by atoms with E-state index in [1.165, 1.54) is 18.2 Å². The fraction of sp³-hybridized carbons (Fsp3) is 0.294. The molecule has 132 valence electrons. The van der Waals surface area contributed by atoms with Crippen LogP contribution in [-0.2, 0) is 10.0 Å². The van der Waals surface area contributed by atoms with E-state index in [1.54, 1.807) is 6.07 Å². The monoisotopic (exact) mass is 362 g/mol. The van der Waals surface area contributed by atoms with E-state index in [0.29, 0.717) is 12.2 Å². The maximum absolute atomic E-state index is 12.7. The molecule has 0 aromatic heterocycles. The molecular weight excluding hydrogens is 344 g/mol. The summed E-state index contributed by atoms with van der Waals surface area (Å²) in [5.74, 6) is 0.630. The number of fused-ring (bicyclic) bond motifs is 1. The summed E-state index contributed by atoms with van der Waals surface area (Å²) in [4.78, 5) is 10.1. The Bertz CT molecular complexity index is 924. The van der Waals surface area contributed by atoms with Gasteiger partial charge in [-0.3, -0.25) is 10.1 Å². The van der Waals surface area contributed by atoms with E-state index in [2.05, 4.69) is 4.72 Å². The molecule has 0 aliphatic carbocycles. The van der Waals surface area contributed by atoms with Crippen molar-refractivity contribution in [3.05, 3.63) is 64.2 Å². The molecule has 0 bridgehead atoms. The van der Waals surface area contributed by atoms with Crippen LogP contribution < -0.4 is 9.46 Å². The molecule has 0 radical (unpaired) electrons. The van der Waals surface area contributed by atoms with Crippen LogP contribution in [0.1, 0.15) is 31.9 Å². The normalized spacial score (nSPS) is 18.9. The molecule has 1 aliphatic heterocycles. The zero-order chi connectivity index (χ0) is 18.2. The lowest BCUT2D eigenvalue weighted by atomic mass is 9.90. The summed E-state index contributed by atoms with van der Waals surface area (Å²) in [7, 11) is -3.92. The van der Waals surface area contributed by atoms with Crippen molar-refractivity contribution >= 4 is 15.7 Å². The zero-order valence-corrected chi connectivity index (χ0v) is 14.6. The topological polar surface area (TPSA) is 98.5 Å². The van der Waals surface area contributed by atoms with Crippen LogP contribution in [0.15, 0.2) is 53.4 Å². The fourth-order valence-electron chi connectivity index (χ4n) is 2.93. The van der Waals surface area contributed by atoms with Crippen molar-refractivity contribution in [2.24, 2.45) is 0 Å². The number of hydrogen-bond acceptors (Lipinski definition) is 5. The molecular formula is C17H18N2O5S. The number of rotatable bonds is 4. The lowest BCUT2D eigenvalue weighted by molar-refractivity contribution is -0.385. The smallest absolute Gasteiger partial charge is 0.270 e. The molecule has 0 fully saturated rings. The van der Waals surface area contributed by atoms with Crippen molar-refractivity contribution in [2.45, 2.75) is 36.8 Å². The van der Waals surface area contributed by atoms with Crippen LogP contribution in [0.2, 0.25) is 0 Å².